The molecule has 1 fully saturated rings. The van der Waals surface area contributed by atoms with Crippen LogP contribution in [0, 0.1) is 5.92 Å². The normalized spacial score (nSPS) is 16.0. The van der Waals surface area contributed by atoms with Gasteiger partial charge in [-0.25, -0.2) is 18.1 Å². The molecule has 1 saturated carbocycles. The summed E-state index contributed by atoms with van der Waals surface area (Å²) in [5.74, 6) is 1.12. The van der Waals surface area contributed by atoms with Crippen LogP contribution in [-0.2, 0) is 10.0 Å². The first-order chi connectivity index (χ1) is 10.0. The fraction of sp³-hybridized carbons (Fsp3) is 0.400. The van der Waals surface area contributed by atoms with Gasteiger partial charge in [-0.05, 0) is 42.7 Å². The van der Waals surface area contributed by atoms with Crippen LogP contribution in [0.5, 0.6) is 0 Å². The van der Waals surface area contributed by atoms with Crippen LogP contribution in [0.2, 0.25) is 0 Å². The molecule has 2 aromatic rings. The summed E-state index contributed by atoms with van der Waals surface area (Å²) >= 11 is 0. The summed E-state index contributed by atoms with van der Waals surface area (Å²) in [7, 11) is -3.45. The van der Waals surface area contributed by atoms with Crippen molar-refractivity contribution in [1.82, 2.24) is 9.71 Å². The van der Waals surface area contributed by atoms with Crippen molar-refractivity contribution in [2.75, 3.05) is 12.3 Å². The molecule has 0 aliphatic heterocycles. The van der Waals surface area contributed by atoms with Gasteiger partial charge in [0.15, 0.2) is 0 Å². The summed E-state index contributed by atoms with van der Waals surface area (Å²) in [4.78, 5) is 4.44. The van der Waals surface area contributed by atoms with E-state index in [1.165, 1.54) is 19.3 Å². The SMILES string of the molecule is Nc1ccc2cc(S(=O)(=O)NCCC3CCC3)ccc2n1. The number of nitrogens with two attached hydrogens (primary N) is 1. The van der Waals surface area contributed by atoms with E-state index in [1.54, 1.807) is 30.3 Å². The number of benzene rings is 1. The quantitative estimate of drug-likeness (QED) is 0.887. The summed E-state index contributed by atoms with van der Waals surface area (Å²) in [6.45, 7) is 0.505. The van der Waals surface area contributed by atoms with Gasteiger partial charge in [-0.15, -0.1) is 0 Å². The van der Waals surface area contributed by atoms with Crippen molar-refractivity contribution in [2.24, 2.45) is 5.92 Å². The first-order valence-corrected chi connectivity index (χ1v) is 8.69. The molecule has 5 nitrogen and oxygen atoms in total. The molecular weight excluding hydrogens is 286 g/mol. The van der Waals surface area contributed by atoms with E-state index in [2.05, 4.69) is 9.71 Å². The van der Waals surface area contributed by atoms with Crippen molar-refractivity contribution in [1.29, 1.82) is 0 Å². The zero-order valence-corrected chi connectivity index (χ0v) is 12.6. The Morgan fingerprint density at radius 2 is 2.05 bits per heavy atom. The first-order valence-electron chi connectivity index (χ1n) is 7.20. The molecule has 3 N–H and O–H groups in total. The van der Waals surface area contributed by atoms with Crippen molar-refractivity contribution < 1.29 is 8.42 Å². The van der Waals surface area contributed by atoms with Gasteiger partial charge < -0.3 is 5.73 Å². The number of fused-ring (bicyclic) bond motifs is 1. The van der Waals surface area contributed by atoms with Gasteiger partial charge in [0.05, 0.1) is 10.4 Å². The van der Waals surface area contributed by atoms with Crippen molar-refractivity contribution in [3.05, 3.63) is 30.3 Å². The third-order valence-electron chi connectivity index (χ3n) is 4.06. The van der Waals surface area contributed by atoms with E-state index in [-0.39, 0.29) is 4.90 Å². The average Bonchev–Trinajstić information content (AvgIpc) is 2.41. The van der Waals surface area contributed by atoms with Crippen LogP contribution >= 0.6 is 0 Å². The molecule has 21 heavy (non-hydrogen) atoms. The lowest BCUT2D eigenvalue weighted by molar-refractivity contribution is 0.297. The monoisotopic (exact) mass is 305 g/mol. The highest BCUT2D eigenvalue weighted by molar-refractivity contribution is 7.89. The Morgan fingerprint density at radius 1 is 1.24 bits per heavy atom. The second kappa shape index (κ2) is 5.61. The molecule has 6 heteroatoms. The summed E-state index contributed by atoms with van der Waals surface area (Å²) in [5.41, 5.74) is 6.32. The largest absolute Gasteiger partial charge is 0.384 e. The number of hydrogen-bond acceptors (Lipinski definition) is 4. The lowest BCUT2D eigenvalue weighted by atomic mass is 9.83. The maximum absolute atomic E-state index is 12.3. The molecule has 3 rings (SSSR count). The van der Waals surface area contributed by atoms with Crippen LogP contribution in [0.15, 0.2) is 35.2 Å². The minimum atomic E-state index is -3.45. The van der Waals surface area contributed by atoms with Crippen LogP contribution in [0.4, 0.5) is 5.82 Å². The van der Waals surface area contributed by atoms with Crippen molar-refractivity contribution in [3.63, 3.8) is 0 Å². The number of nitrogen functional groups attached to an aromatic ring is 1. The highest BCUT2D eigenvalue weighted by atomic mass is 32.2. The van der Waals surface area contributed by atoms with E-state index < -0.39 is 10.0 Å². The molecule has 0 atom stereocenters. The number of aromatic nitrogens is 1. The van der Waals surface area contributed by atoms with Gasteiger partial charge in [-0.1, -0.05) is 19.3 Å². The average molecular weight is 305 g/mol. The molecule has 0 bridgehead atoms. The number of nitrogens with zero attached hydrogens (tertiary/aromatic N) is 1. The summed E-state index contributed by atoms with van der Waals surface area (Å²) < 4.78 is 27.2. The van der Waals surface area contributed by atoms with Crippen molar-refractivity contribution >= 4 is 26.7 Å². The molecule has 0 spiro atoms. The van der Waals surface area contributed by atoms with E-state index in [4.69, 9.17) is 5.73 Å². The molecule has 0 radical (unpaired) electrons. The van der Waals surface area contributed by atoms with Gasteiger partial charge in [0, 0.05) is 11.9 Å². The number of hydrogen-bond donors (Lipinski definition) is 2. The van der Waals surface area contributed by atoms with E-state index >= 15 is 0 Å². The predicted molar refractivity (Wildman–Crippen MR) is 83.3 cm³/mol. The van der Waals surface area contributed by atoms with Crippen LogP contribution < -0.4 is 10.5 Å². The second-order valence-corrected chi connectivity index (χ2v) is 7.34. The lowest BCUT2D eigenvalue weighted by Gasteiger charge is -2.25. The van der Waals surface area contributed by atoms with Gasteiger partial charge >= 0.3 is 0 Å². The standard InChI is InChI=1S/C15H19N3O2S/c16-15-7-4-12-10-13(5-6-14(12)18-15)21(19,20)17-9-8-11-2-1-3-11/h4-7,10-11,17H,1-3,8-9H2,(H2,16,18). The molecule has 1 aromatic heterocycles. The number of sulfonamides is 1. The first kappa shape index (κ1) is 14.3. The fourth-order valence-electron chi connectivity index (χ4n) is 2.55. The Kier molecular flexibility index (Phi) is 3.82. The van der Waals surface area contributed by atoms with Crippen LogP contribution in [0.25, 0.3) is 10.9 Å². The van der Waals surface area contributed by atoms with Crippen LogP contribution in [0.3, 0.4) is 0 Å². The van der Waals surface area contributed by atoms with Crippen LogP contribution in [0.1, 0.15) is 25.7 Å². The summed E-state index contributed by atoms with van der Waals surface area (Å²) in [6, 6.07) is 8.34. The van der Waals surface area contributed by atoms with E-state index in [1.807, 2.05) is 0 Å². The van der Waals surface area contributed by atoms with Gasteiger partial charge in [-0.2, -0.15) is 0 Å². The predicted octanol–water partition coefficient (Wildman–Crippen LogP) is 2.29. The minimum absolute atomic E-state index is 0.273. The van der Waals surface area contributed by atoms with E-state index in [0.717, 1.165) is 11.8 Å². The van der Waals surface area contributed by atoms with Crippen molar-refractivity contribution in [2.45, 2.75) is 30.6 Å². The number of anilines is 1. The molecule has 1 aromatic carbocycles. The third-order valence-corrected chi connectivity index (χ3v) is 5.52. The molecule has 0 saturated heterocycles. The zero-order valence-electron chi connectivity index (χ0n) is 11.7. The molecular formula is C15H19N3O2S. The minimum Gasteiger partial charge on any atom is -0.384 e. The summed E-state index contributed by atoms with van der Waals surface area (Å²) in [5, 5.41) is 0.770. The number of nitrogens with one attached hydrogen (secondary N) is 1. The van der Waals surface area contributed by atoms with E-state index in [9.17, 15) is 8.42 Å². The Hall–Kier alpha value is -1.66. The molecule has 1 heterocycles. The van der Waals surface area contributed by atoms with E-state index in [0.29, 0.717) is 23.8 Å². The van der Waals surface area contributed by atoms with Gasteiger partial charge in [-0.3, -0.25) is 0 Å². The lowest BCUT2D eigenvalue weighted by Crippen LogP contribution is -2.27. The Labute approximate surface area is 124 Å². The second-order valence-electron chi connectivity index (χ2n) is 5.57. The molecule has 0 amide bonds. The maximum atomic E-state index is 12.3. The molecule has 1 aliphatic rings. The Balaban J connectivity index is 1.76. The summed E-state index contributed by atoms with van der Waals surface area (Å²) in [6.07, 6.45) is 4.65. The highest BCUT2D eigenvalue weighted by Gasteiger charge is 2.19. The Morgan fingerprint density at radius 3 is 2.76 bits per heavy atom. The molecule has 112 valence electrons. The van der Waals surface area contributed by atoms with Gasteiger partial charge in [0.2, 0.25) is 10.0 Å². The van der Waals surface area contributed by atoms with Gasteiger partial charge in [0.25, 0.3) is 0 Å². The van der Waals surface area contributed by atoms with Gasteiger partial charge in [0.1, 0.15) is 5.82 Å². The number of rotatable bonds is 5. The smallest absolute Gasteiger partial charge is 0.240 e. The maximum Gasteiger partial charge on any atom is 0.240 e. The third kappa shape index (κ3) is 3.16. The zero-order chi connectivity index (χ0) is 14.9. The molecule has 1 aliphatic carbocycles. The number of pyridine rings is 1. The fourth-order valence-corrected chi connectivity index (χ4v) is 3.63. The topological polar surface area (TPSA) is 85.1 Å². The Bertz CT molecular complexity index is 755. The van der Waals surface area contributed by atoms with Crippen molar-refractivity contribution in [3.8, 4) is 0 Å². The van der Waals surface area contributed by atoms with Crippen LogP contribution in [-0.4, -0.2) is 19.9 Å². The highest BCUT2D eigenvalue weighted by Crippen LogP contribution is 2.29. The molecule has 0 unspecified atom stereocenters.